The molecule has 0 saturated carbocycles. The molecule has 0 aromatic carbocycles. The third-order valence-electron chi connectivity index (χ3n) is 4.63. The summed E-state index contributed by atoms with van der Waals surface area (Å²) in [4.78, 5) is 16.6. The second-order valence-electron chi connectivity index (χ2n) is 6.35. The van der Waals surface area contributed by atoms with E-state index in [0.717, 1.165) is 44.8 Å². The molecule has 2 N–H and O–H groups in total. The average Bonchev–Trinajstić information content (AvgIpc) is 2.41. The zero-order chi connectivity index (χ0) is 13.7. The lowest BCUT2D eigenvalue weighted by molar-refractivity contribution is -0.132. The Morgan fingerprint density at radius 1 is 1.11 bits per heavy atom. The molecule has 2 rings (SSSR count). The Bertz CT molecular complexity index is 279. The summed E-state index contributed by atoms with van der Waals surface area (Å²) in [6, 6.07) is 0.305. The highest BCUT2D eigenvalue weighted by Crippen LogP contribution is 2.16. The Kier molecular flexibility index (Phi) is 5.64. The van der Waals surface area contributed by atoms with Crippen LogP contribution in [0.4, 0.5) is 0 Å². The molecule has 1 amide bonds. The zero-order valence-electron chi connectivity index (χ0n) is 12.3. The molecule has 19 heavy (non-hydrogen) atoms. The molecule has 0 aromatic rings. The van der Waals surface area contributed by atoms with Gasteiger partial charge in [0.2, 0.25) is 5.91 Å². The standard InChI is InChI=1S/C15H29N3O/c1-13-4-9-17(10-5-13)8-2-3-15(19)18-11-6-14(16)7-12-18/h13-14H,2-12,16H2,1H3. The van der Waals surface area contributed by atoms with Gasteiger partial charge in [-0.1, -0.05) is 6.92 Å². The summed E-state index contributed by atoms with van der Waals surface area (Å²) in [5.41, 5.74) is 5.86. The minimum absolute atomic E-state index is 0.305. The molecule has 0 spiro atoms. The van der Waals surface area contributed by atoms with Crippen LogP contribution < -0.4 is 5.73 Å². The molecule has 2 saturated heterocycles. The topological polar surface area (TPSA) is 49.6 Å². The van der Waals surface area contributed by atoms with Gasteiger partial charge in [-0.05, 0) is 57.7 Å². The minimum Gasteiger partial charge on any atom is -0.343 e. The van der Waals surface area contributed by atoms with Crippen LogP contribution >= 0.6 is 0 Å². The van der Waals surface area contributed by atoms with Gasteiger partial charge in [-0.2, -0.15) is 0 Å². The number of carbonyl (C=O) groups excluding carboxylic acids is 1. The normalized spacial score (nSPS) is 23.8. The van der Waals surface area contributed by atoms with Crippen LogP contribution in [0.5, 0.6) is 0 Å². The van der Waals surface area contributed by atoms with E-state index in [1.807, 2.05) is 4.90 Å². The van der Waals surface area contributed by atoms with Crippen molar-refractivity contribution in [1.82, 2.24) is 9.80 Å². The van der Waals surface area contributed by atoms with Crippen molar-refractivity contribution in [2.24, 2.45) is 11.7 Å². The summed E-state index contributed by atoms with van der Waals surface area (Å²) in [6.45, 7) is 7.58. The fourth-order valence-corrected chi connectivity index (χ4v) is 3.05. The van der Waals surface area contributed by atoms with Crippen LogP contribution in [-0.2, 0) is 4.79 Å². The van der Waals surface area contributed by atoms with E-state index in [2.05, 4.69) is 11.8 Å². The van der Waals surface area contributed by atoms with Crippen LogP contribution in [0.15, 0.2) is 0 Å². The van der Waals surface area contributed by atoms with Crippen molar-refractivity contribution in [3.8, 4) is 0 Å². The van der Waals surface area contributed by atoms with Crippen molar-refractivity contribution in [2.45, 2.75) is 51.5 Å². The second-order valence-corrected chi connectivity index (χ2v) is 6.35. The summed E-state index contributed by atoms with van der Waals surface area (Å²) in [7, 11) is 0. The lowest BCUT2D eigenvalue weighted by Gasteiger charge is -2.31. The van der Waals surface area contributed by atoms with Gasteiger partial charge >= 0.3 is 0 Å². The molecule has 0 atom stereocenters. The van der Waals surface area contributed by atoms with E-state index >= 15 is 0 Å². The van der Waals surface area contributed by atoms with Gasteiger partial charge in [-0.25, -0.2) is 0 Å². The van der Waals surface area contributed by atoms with Crippen LogP contribution in [0.1, 0.15) is 45.4 Å². The predicted octanol–water partition coefficient (Wildman–Crippen LogP) is 1.45. The van der Waals surface area contributed by atoms with E-state index in [4.69, 9.17) is 5.73 Å². The van der Waals surface area contributed by atoms with Gasteiger partial charge in [0.1, 0.15) is 0 Å². The van der Waals surface area contributed by atoms with Gasteiger partial charge in [0.05, 0.1) is 0 Å². The summed E-state index contributed by atoms with van der Waals surface area (Å²) in [5.74, 6) is 1.22. The average molecular weight is 267 g/mol. The molecule has 2 heterocycles. The molecule has 110 valence electrons. The quantitative estimate of drug-likeness (QED) is 0.838. The highest BCUT2D eigenvalue weighted by Gasteiger charge is 2.20. The fourth-order valence-electron chi connectivity index (χ4n) is 3.05. The zero-order valence-corrected chi connectivity index (χ0v) is 12.3. The van der Waals surface area contributed by atoms with Crippen molar-refractivity contribution < 1.29 is 4.79 Å². The van der Waals surface area contributed by atoms with Crippen molar-refractivity contribution in [1.29, 1.82) is 0 Å². The van der Waals surface area contributed by atoms with Crippen molar-refractivity contribution in [3.63, 3.8) is 0 Å². The number of piperidine rings is 2. The largest absolute Gasteiger partial charge is 0.343 e. The maximum absolute atomic E-state index is 12.1. The monoisotopic (exact) mass is 267 g/mol. The number of carbonyl (C=O) groups is 1. The van der Waals surface area contributed by atoms with E-state index in [1.54, 1.807) is 0 Å². The van der Waals surface area contributed by atoms with Gasteiger partial charge in [0, 0.05) is 25.6 Å². The maximum atomic E-state index is 12.1. The first-order valence-electron chi connectivity index (χ1n) is 7.91. The first kappa shape index (κ1) is 14.8. The summed E-state index contributed by atoms with van der Waals surface area (Å²) in [5, 5.41) is 0. The first-order chi connectivity index (χ1) is 9.15. The van der Waals surface area contributed by atoms with E-state index in [1.165, 1.54) is 25.9 Å². The number of nitrogens with two attached hydrogens (primary N) is 1. The Balaban J connectivity index is 1.59. The van der Waals surface area contributed by atoms with Crippen molar-refractivity contribution in [3.05, 3.63) is 0 Å². The smallest absolute Gasteiger partial charge is 0.222 e. The summed E-state index contributed by atoms with van der Waals surface area (Å²) < 4.78 is 0. The van der Waals surface area contributed by atoms with Gasteiger partial charge in [0.15, 0.2) is 0 Å². The molecule has 0 aromatic heterocycles. The van der Waals surface area contributed by atoms with Gasteiger partial charge in [0.25, 0.3) is 0 Å². The third kappa shape index (κ3) is 4.77. The number of hydrogen-bond donors (Lipinski definition) is 1. The van der Waals surface area contributed by atoms with Gasteiger partial charge in [-0.15, -0.1) is 0 Å². The molecular weight excluding hydrogens is 238 g/mol. The predicted molar refractivity (Wildman–Crippen MR) is 77.9 cm³/mol. The summed E-state index contributed by atoms with van der Waals surface area (Å²) in [6.07, 6.45) is 6.29. The molecule has 4 heteroatoms. The lowest BCUT2D eigenvalue weighted by Crippen LogP contribution is -2.43. The number of likely N-dealkylation sites (tertiary alicyclic amines) is 2. The molecule has 0 bridgehead atoms. The third-order valence-corrected chi connectivity index (χ3v) is 4.63. The van der Waals surface area contributed by atoms with Crippen LogP contribution in [0, 0.1) is 5.92 Å². The molecule has 4 nitrogen and oxygen atoms in total. The van der Waals surface area contributed by atoms with Crippen LogP contribution in [0.25, 0.3) is 0 Å². The van der Waals surface area contributed by atoms with E-state index in [-0.39, 0.29) is 0 Å². The van der Waals surface area contributed by atoms with Crippen LogP contribution in [0.2, 0.25) is 0 Å². The fraction of sp³-hybridized carbons (Fsp3) is 0.933. The lowest BCUT2D eigenvalue weighted by atomic mass is 9.99. The molecular formula is C15H29N3O. The number of hydrogen-bond acceptors (Lipinski definition) is 3. The van der Waals surface area contributed by atoms with Gasteiger partial charge < -0.3 is 15.5 Å². The SMILES string of the molecule is CC1CCN(CCCC(=O)N2CCC(N)CC2)CC1. The Hall–Kier alpha value is -0.610. The van der Waals surface area contributed by atoms with E-state index < -0.39 is 0 Å². The number of rotatable bonds is 4. The van der Waals surface area contributed by atoms with Crippen molar-refractivity contribution in [2.75, 3.05) is 32.7 Å². The highest BCUT2D eigenvalue weighted by atomic mass is 16.2. The van der Waals surface area contributed by atoms with Crippen LogP contribution in [-0.4, -0.2) is 54.5 Å². The highest BCUT2D eigenvalue weighted by molar-refractivity contribution is 5.76. The number of nitrogens with zero attached hydrogens (tertiary/aromatic N) is 2. The second kappa shape index (κ2) is 7.25. The first-order valence-corrected chi connectivity index (χ1v) is 7.91. The maximum Gasteiger partial charge on any atom is 0.222 e. The molecule has 0 unspecified atom stereocenters. The van der Waals surface area contributed by atoms with E-state index in [0.29, 0.717) is 18.4 Å². The molecule has 0 aliphatic carbocycles. The van der Waals surface area contributed by atoms with Crippen LogP contribution in [0.3, 0.4) is 0 Å². The Morgan fingerprint density at radius 2 is 1.74 bits per heavy atom. The van der Waals surface area contributed by atoms with Gasteiger partial charge in [-0.3, -0.25) is 4.79 Å². The molecule has 0 radical (unpaired) electrons. The molecule has 2 aliphatic heterocycles. The molecule has 2 aliphatic rings. The number of amides is 1. The molecule has 2 fully saturated rings. The Labute approximate surface area is 117 Å². The minimum atomic E-state index is 0.305. The summed E-state index contributed by atoms with van der Waals surface area (Å²) >= 11 is 0. The van der Waals surface area contributed by atoms with Crippen molar-refractivity contribution >= 4 is 5.91 Å². The Morgan fingerprint density at radius 3 is 2.37 bits per heavy atom. The van der Waals surface area contributed by atoms with E-state index in [9.17, 15) is 4.79 Å².